The van der Waals surface area contributed by atoms with Crippen molar-refractivity contribution in [3.8, 4) is 0 Å². The Bertz CT molecular complexity index is 528. The first-order chi connectivity index (χ1) is 8.91. The lowest BCUT2D eigenvalue weighted by atomic mass is 9.79. The molecule has 0 amide bonds. The third kappa shape index (κ3) is 1.62. The molecule has 0 aromatic carbocycles. The third-order valence-corrected chi connectivity index (χ3v) is 4.77. The number of ketones is 1. The van der Waals surface area contributed by atoms with Gasteiger partial charge in [-0.15, -0.1) is 0 Å². The van der Waals surface area contributed by atoms with Gasteiger partial charge in [0.1, 0.15) is 6.10 Å². The van der Waals surface area contributed by atoms with Crippen LogP contribution in [0, 0.1) is 17.8 Å². The number of carbonyl (C=O) groups excluding carboxylic acids is 2. The smallest absolute Gasteiger partial charge is 0.309 e. The highest BCUT2D eigenvalue weighted by Crippen LogP contribution is 2.46. The summed E-state index contributed by atoms with van der Waals surface area (Å²) >= 11 is 0. The maximum absolute atomic E-state index is 12.0. The lowest BCUT2D eigenvalue weighted by molar-refractivity contribution is -0.143. The van der Waals surface area contributed by atoms with E-state index < -0.39 is 6.10 Å². The minimum absolute atomic E-state index is 0.00185. The first-order valence-corrected chi connectivity index (χ1v) is 6.72. The zero-order valence-electron chi connectivity index (χ0n) is 11.3. The summed E-state index contributed by atoms with van der Waals surface area (Å²) in [4.78, 5) is 23.8. The van der Waals surface area contributed by atoms with E-state index in [0.29, 0.717) is 12.0 Å². The standard InChI is InChI=1S/C15H18O4/c1-6-4-9(16)11-7(2)5-10-13(14(17)12(6)11)8(3)15(18)19-10/h4,8,10,12-14,17H,5H2,1-3H3/t8-,10-,12+,13-,14+/m1/s1. The molecule has 1 saturated heterocycles. The molecule has 4 nitrogen and oxygen atoms in total. The number of allylic oxidation sites excluding steroid dienone is 1. The first kappa shape index (κ1) is 12.6. The van der Waals surface area contributed by atoms with Gasteiger partial charge in [0.05, 0.1) is 12.0 Å². The molecule has 1 fully saturated rings. The van der Waals surface area contributed by atoms with Gasteiger partial charge in [0, 0.05) is 23.8 Å². The van der Waals surface area contributed by atoms with Crippen molar-refractivity contribution >= 4 is 11.8 Å². The van der Waals surface area contributed by atoms with Crippen LogP contribution in [0.1, 0.15) is 27.2 Å². The minimum Gasteiger partial charge on any atom is -0.461 e. The van der Waals surface area contributed by atoms with Crippen LogP contribution in [0.3, 0.4) is 0 Å². The largest absolute Gasteiger partial charge is 0.461 e. The molecular weight excluding hydrogens is 244 g/mol. The van der Waals surface area contributed by atoms with Gasteiger partial charge in [-0.1, -0.05) is 18.1 Å². The van der Waals surface area contributed by atoms with Crippen molar-refractivity contribution < 1.29 is 19.4 Å². The number of rotatable bonds is 0. The van der Waals surface area contributed by atoms with Crippen molar-refractivity contribution in [2.45, 2.75) is 39.4 Å². The summed E-state index contributed by atoms with van der Waals surface area (Å²) in [7, 11) is 0. The molecule has 0 radical (unpaired) electrons. The van der Waals surface area contributed by atoms with E-state index >= 15 is 0 Å². The molecule has 1 N–H and O–H groups in total. The van der Waals surface area contributed by atoms with Crippen LogP contribution in [-0.2, 0) is 14.3 Å². The van der Waals surface area contributed by atoms with E-state index in [2.05, 4.69) is 0 Å². The minimum atomic E-state index is -0.721. The average molecular weight is 262 g/mol. The van der Waals surface area contributed by atoms with Crippen LogP contribution in [0.25, 0.3) is 0 Å². The predicted octanol–water partition coefficient (Wildman–Crippen LogP) is 1.39. The van der Waals surface area contributed by atoms with E-state index in [-0.39, 0.29) is 35.6 Å². The van der Waals surface area contributed by atoms with Crippen LogP contribution in [0.4, 0.5) is 0 Å². The van der Waals surface area contributed by atoms with Crippen molar-refractivity contribution in [1.29, 1.82) is 0 Å². The summed E-state index contributed by atoms with van der Waals surface area (Å²) in [6.45, 7) is 5.57. The molecule has 5 atom stereocenters. The monoisotopic (exact) mass is 262 g/mol. The van der Waals surface area contributed by atoms with Gasteiger partial charge in [0.25, 0.3) is 0 Å². The molecule has 1 aliphatic heterocycles. The lowest BCUT2D eigenvalue weighted by Crippen LogP contribution is -2.36. The lowest BCUT2D eigenvalue weighted by Gasteiger charge is -2.27. The van der Waals surface area contributed by atoms with Gasteiger partial charge in [-0.25, -0.2) is 0 Å². The van der Waals surface area contributed by atoms with Crippen LogP contribution in [-0.4, -0.2) is 29.1 Å². The van der Waals surface area contributed by atoms with Crippen molar-refractivity contribution in [2.75, 3.05) is 0 Å². The Morgan fingerprint density at radius 2 is 2.00 bits per heavy atom. The Labute approximate surface area is 112 Å². The topological polar surface area (TPSA) is 63.6 Å². The molecule has 0 aromatic rings. The summed E-state index contributed by atoms with van der Waals surface area (Å²) in [5.41, 5.74) is 2.54. The molecule has 0 unspecified atom stereocenters. The van der Waals surface area contributed by atoms with Gasteiger partial charge in [0.2, 0.25) is 0 Å². The number of carbonyl (C=O) groups is 2. The summed E-state index contributed by atoms with van der Waals surface area (Å²) in [6, 6.07) is 0. The molecule has 0 spiro atoms. The number of ether oxygens (including phenoxy) is 1. The Kier molecular flexibility index (Phi) is 2.68. The van der Waals surface area contributed by atoms with E-state index in [1.54, 1.807) is 13.0 Å². The Balaban J connectivity index is 2.08. The number of aliphatic hydroxyl groups excluding tert-OH is 1. The van der Waals surface area contributed by atoms with Gasteiger partial charge < -0.3 is 9.84 Å². The molecule has 19 heavy (non-hydrogen) atoms. The van der Waals surface area contributed by atoms with Gasteiger partial charge >= 0.3 is 5.97 Å². The highest BCUT2D eigenvalue weighted by atomic mass is 16.6. The van der Waals surface area contributed by atoms with E-state index in [0.717, 1.165) is 11.1 Å². The second-order valence-electron chi connectivity index (χ2n) is 5.96. The second kappa shape index (κ2) is 4.04. The van der Waals surface area contributed by atoms with Crippen LogP contribution >= 0.6 is 0 Å². The van der Waals surface area contributed by atoms with E-state index in [1.807, 2.05) is 13.8 Å². The normalized spacial score (nSPS) is 41.7. The Hall–Kier alpha value is -1.42. The maximum Gasteiger partial charge on any atom is 0.309 e. The number of hydrogen-bond acceptors (Lipinski definition) is 4. The zero-order valence-corrected chi connectivity index (χ0v) is 11.3. The van der Waals surface area contributed by atoms with Crippen molar-refractivity contribution in [1.82, 2.24) is 0 Å². The molecule has 2 aliphatic carbocycles. The fourth-order valence-corrected chi connectivity index (χ4v) is 3.81. The molecule has 4 heteroatoms. The highest BCUT2D eigenvalue weighted by Gasteiger charge is 2.52. The van der Waals surface area contributed by atoms with Crippen molar-refractivity contribution in [3.63, 3.8) is 0 Å². The number of esters is 1. The predicted molar refractivity (Wildman–Crippen MR) is 68.1 cm³/mol. The molecular formula is C15H18O4. The summed E-state index contributed by atoms with van der Waals surface area (Å²) in [6.07, 6.45) is 1.14. The molecule has 1 heterocycles. The summed E-state index contributed by atoms with van der Waals surface area (Å²) in [5, 5.41) is 10.7. The van der Waals surface area contributed by atoms with E-state index in [4.69, 9.17) is 4.74 Å². The fraction of sp³-hybridized carbons (Fsp3) is 0.600. The molecule has 0 bridgehead atoms. The first-order valence-electron chi connectivity index (χ1n) is 6.72. The fourth-order valence-electron chi connectivity index (χ4n) is 3.81. The molecule has 0 saturated carbocycles. The number of hydrogen-bond donors (Lipinski definition) is 1. The van der Waals surface area contributed by atoms with Gasteiger partial charge in [-0.3, -0.25) is 9.59 Å². The third-order valence-electron chi connectivity index (χ3n) is 4.77. The van der Waals surface area contributed by atoms with Crippen molar-refractivity contribution in [3.05, 3.63) is 22.8 Å². The van der Waals surface area contributed by atoms with Gasteiger partial charge in [-0.2, -0.15) is 0 Å². The maximum atomic E-state index is 12.0. The molecule has 3 rings (SSSR count). The highest BCUT2D eigenvalue weighted by molar-refractivity contribution is 6.08. The van der Waals surface area contributed by atoms with Crippen LogP contribution in [0.15, 0.2) is 22.8 Å². The summed E-state index contributed by atoms with van der Waals surface area (Å²) < 4.78 is 5.37. The summed E-state index contributed by atoms with van der Waals surface area (Å²) in [5.74, 6) is -1.04. The molecule has 3 aliphatic rings. The van der Waals surface area contributed by atoms with Gasteiger partial charge in [0.15, 0.2) is 5.78 Å². The molecule has 102 valence electrons. The van der Waals surface area contributed by atoms with Crippen LogP contribution in [0.5, 0.6) is 0 Å². The van der Waals surface area contributed by atoms with Gasteiger partial charge in [-0.05, 0) is 19.9 Å². The van der Waals surface area contributed by atoms with E-state index in [9.17, 15) is 14.7 Å². The number of fused-ring (bicyclic) bond motifs is 2. The van der Waals surface area contributed by atoms with Crippen molar-refractivity contribution in [2.24, 2.45) is 17.8 Å². The Morgan fingerprint density at radius 3 is 2.68 bits per heavy atom. The Morgan fingerprint density at radius 1 is 1.32 bits per heavy atom. The van der Waals surface area contributed by atoms with E-state index in [1.165, 1.54) is 0 Å². The quantitative estimate of drug-likeness (QED) is 0.670. The van der Waals surface area contributed by atoms with Crippen LogP contribution in [0.2, 0.25) is 0 Å². The average Bonchev–Trinajstić information content (AvgIpc) is 2.72. The SMILES string of the molecule is CC1=CC(=O)C2=C(C)C[C@H]3OC(=O)[C@H](C)[C@H]3[C@@H](O)[C@@H]12. The number of aliphatic hydroxyl groups is 1. The zero-order chi connectivity index (χ0) is 13.9. The molecule has 0 aromatic heterocycles. The second-order valence-corrected chi connectivity index (χ2v) is 5.96. The van der Waals surface area contributed by atoms with Crippen LogP contribution < -0.4 is 0 Å².